The quantitative estimate of drug-likeness (QED) is 0.726. The van der Waals surface area contributed by atoms with Gasteiger partial charge in [0.2, 0.25) is 0 Å². The van der Waals surface area contributed by atoms with E-state index in [0.717, 1.165) is 12.1 Å². The van der Waals surface area contributed by atoms with Crippen LogP contribution in [0, 0.1) is 11.6 Å². The first-order valence-electron chi connectivity index (χ1n) is 3.78. The Labute approximate surface area is 69.7 Å². The highest BCUT2D eigenvalue weighted by Crippen LogP contribution is 2.18. The van der Waals surface area contributed by atoms with Crippen LogP contribution in [0.15, 0.2) is 18.2 Å². The van der Waals surface area contributed by atoms with Gasteiger partial charge in [-0.1, -0.05) is 13.0 Å². The van der Waals surface area contributed by atoms with Gasteiger partial charge in [-0.2, -0.15) is 0 Å². The number of benzene rings is 1. The summed E-state index contributed by atoms with van der Waals surface area (Å²) < 4.78 is 25.0. The maximum Gasteiger partial charge on any atom is 0.159 e. The van der Waals surface area contributed by atoms with Crippen LogP contribution in [0.5, 0.6) is 0 Å². The summed E-state index contributed by atoms with van der Waals surface area (Å²) in [4.78, 5) is 0. The molecule has 1 aromatic rings. The molecule has 0 saturated carbocycles. The molecule has 0 aromatic heterocycles. The van der Waals surface area contributed by atoms with Crippen molar-refractivity contribution in [1.29, 1.82) is 0 Å². The standard InChI is InChI=1S/C9H10F2O/c1-2-9(12)6-3-4-7(10)8(11)5-6/h3-5,9,12H,2H2,1H3/t9-/m1/s1. The van der Waals surface area contributed by atoms with Crippen molar-refractivity contribution in [2.75, 3.05) is 0 Å². The fourth-order valence-electron chi connectivity index (χ4n) is 0.955. The summed E-state index contributed by atoms with van der Waals surface area (Å²) in [5, 5.41) is 9.26. The Morgan fingerprint density at radius 2 is 2.00 bits per heavy atom. The van der Waals surface area contributed by atoms with E-state index >= 15 is 0 Å². The monoisotopic (exact) mass is 172 g/mol. The van der Waals surface area contributed by atoms with Gasteiger partial charge in [0.15, 0.2) is 11.6 Å². The lowest BCUT2D eigenvalue weighted by molar-refractivity contribution is 0.173. The molecule has 66 valence electrons. The molecule has 0 heterocycles. The molecular formula is C9H10F2O. The van der Waals surface area contributed by atoms with Crippen LogP contribution in [-0.2, 0) is 0 Å². The smallest absolute Gasteiger partial charge is 0.159 e. The second-order valence-electron chi connectivity index (χ2n) is 2.60. The second kappa shape index (κ2) is 3.63. The van der Waals surface area contributed by atoms with E-state index in [1.165, 1.54) is 6.07 Å². The maximum absolute atomic E-state index is 12.6. The molecule has 0 unspecified atom stereocenters. The first-order chi connectivity index (χ1) is 5.65. The van der Waals surface area contributed by atoms with E-state index in [-0.39, 0.29) is 0 Å². The van der Waals surface area contributed by atoms with E-state index in [1.54, 1.807) is 6.92 Å². The molecule has 1 nitrogen and oxygen atoms in total. The second-order valence-corrected chi connectivity index (χ2v) is 2.60. The zero-order valence-corrected chi connectivity index (χ0v) is 6.72. The highest BCUT2D eigenvalue weighted by atomic mass is 19.2. The Morgan fingerprint density at radius 3 is 2.50 bits per heavy atom. The first kappa shape index (κ1) is 9.13. The lowest BCUT2D eigenvalue weighted by Crippen LogP contribution is -1.96. The zero-order chi connectivity index (χ0) is 9.14. The Balaban J connectivity index is 2.96. The highest BCUT2D eigenvalue weighted by molar-refractivity contribution is 5.19. The van der Waals surface area contributed by atoms with Crippen molar-refractivity contribution in [2.24, 2.45) is 0 Å². The number of aliphatic hydroxyl groups is 1. The number of aliphatic hydroxyl groups excluding tert-OH is 1. The number of halogens is 2. The molecule has 1 aromatic carbocycles. The largest absolute Gasteiger partial charge is 0.388 e. The van der Waals surface area contributed by atoms with Gasteiger partial charge < -0.3 is 5.11 Å². The molecule has 0 bridgehead atoms. The molecular weight excluding hydrogens is 162 g/mol. The van der Waals surface area contributed by atoms with Gasteiger partial charge in [-0.25, -0.2) is 8.78 Å². The van der Waals surface area contributed by atoms with Crippen molar-refractivity contribution in [3.8, 4) is 0 Å². The average molecular weight is 172 g/mol. The first-order valence-corrected chi connectivity index (χ1v) is 3.78. The van der Waals surface area contributed by atoms with Gasteiger partial charge in [-0.3, -0.25) is 0 Å². The molecule has 3 heteroatoms. The van der Waals surface area contributed by atoms with Gasteiger partial charge in [0.25, 0.3) is 0 Å². The lowest BCUT2D eigenvalue weighted by Gasteiger charge is -2.07. The van der Waals surface area contributed by atoms with Crippen molar-refractivity contribution < 1.29 is 13.9 Å². The molecule has 0 aliphatic rings. The van der Waals surface area contributed by atoms with E-state index in [4.69, 9.17) is 0 Å². The van der Waals surface area contributed by atoms with Crippen LogP contribution < -0.4 is 0 Å². The van der Waals surface area contributed by atoms with Crippen molar-refractivity contribution in [2.45, 2.75) is 19.4 Å². The Morgan fingerprint density at radius 1 is 1.33 bits per heavy atom. The van der Waals surface area contributed by atoms with Crippen LogP contribution in [0.4, 0.5) is 8.78 Å². The Kier molecular flexibility index (Phi) is 2.76. The van der Waals surface area contributed by atoms with Gasteiger partial charge in [0, 0.05) is 0 Å². The number of hydrogen-bond donors (Lipinski definition) is 1. The molecule has 0 spiro atoms. The third kappa shape index (κ3) is 1.80. The maximum atomic E-state index is 12.6. The van der Waals surface area contributed by atoms with E-state index in [0.29, 0.717) is 12.0 Å². The predicted molar refractivity (Wildman–Crippen MR) is 41.6 cm³/mol. The molecule has 12 heavy (non-hydrogen) atoms. The van der Waals surface area contributed by atoms with Crippen LogP contribution in [0.3, 0.4) is 0 Å². The van der Waals surface area contributed by atoms with E-state index in [9.17, 15) is 13.9 Å². The van der Waals surface area contributed by atoms with Gasteiger partial charge in [0.1, 0.15) is 0 Å². The fraction of sp³-hybridized carbons (Fsp3) is 0.333. The van der Waals surface area contributed by atoms with Crippen LogP contribution >= 0.6 is 0 Å². The van der Waals surface area contributed by atoms with E-state index in [2.05, 4.69) is 0 Å². The van der Waals surface area contributed by atoms with Crippen LogP contribution in [0.25, 0.3) is 0 Å². The molecule has 1 rings (SSSR count). The molecule has 0 radical (unpaired) electrons. The average Bonchev–Trinajstić information content (AvgIpc) is 2.08. The van der Waals surface area contributed by atoms with Crippen molar-refractivity contribution in [1.82, 2.24) is 0 Å². The van der Waals surface area contributed by atoms with E-state index in [1.807, 2.05) is 0 Å². The zero-order valence-electron chi connectivity index (χ0n) is 6.72. The minimum Gasteiger partial charge on any atom is -0.388 e. The minimum atomic E-state index is -0.917. The normalized spacial score (nSPS) is 13.0. The molecule has 0 aliphatic carbocycles. The molecule has 1 atom stereocenters. The number of hydrogen-bond acceptors (Lipinski definition) is 1. The van der Waals surface area contributed by atoms with Crippen molar-refractivity contribution >= 4 is 0 Å². The van der Waals surface area contributed by atoms with Crippen LogP contribution in [-0.4, -0.2) is 5.11 Å². The van der Waals surface area contributed by atoms with Gasteiger partial charge >= 0.3 is 0 Å². The summed E-state index contributed by atoms with van der Waals surface area (Å²) in [5.74, 6) is -1.80. The lowest BCUT2D eigenvalue weighted by atomic mass is 10.1. The predicted octanol–water partition coefficient (Wildman–Crippen LogP) is 2.41. The number of rotatable bonds is 2. The van der Waals surface area contributed by atoms with E-state index < -0.39 is 17.7 Å². The molecule has 0 aliphatic heterocycles. The molecule has 0 fully saturated rings. The fourth-order valence-corrected chi connectivity index (χ4v) is 0.955. The summed E-state index contributed by atoms with van der Waals surface area (Å²) in [7, 11) is 0. The van der Waals surface area contributed by atoms with Gasteiger partial charge in [-0.15, -0.1) is 0 Å². The summed E-state index contributed by atoms with van der Waals surface area (Å²) in [6, 6.07) is 3.42. The van der Waals surface area contributed by atoms with Crippen LogP contribution in [0.2, 0.25) is 0 Å². The van der Waals surface area contributed by atoms with Gasteiger partial charge in [0.05, 0.1) is 6.10 Å². The topological polar surface area (TPSA) is 20.2 Å². The van der Waals surface area contributed by atoms with Crippen LogP contribution in [0.1, 0.15) is 25.0 Å². The summed E-state index contributed by atoms with van der Waals surface area (Å²) in [6.07, 6.45) is -0.217. The summed E-state index contributed by atoms with van der Waals surface area (Å²) in [5.41, 5.74) is 0.413. The molecule has 0 saturated heterocycles. The SMILES string of the molecule is CC[C@@H](O)c1ccc(F)c(F)c1. The molecule has 1 N–H and O–H groups in total. The third-order valence-electron chi connectivity index (χ3n) is 1.72. The van der Waals surface area contributed by atoms with Crippen molar-refractivity contribution in [3.05, 3.63) is 35.4 Å². The highest BCUT2D eigenvalue weighted by Gasteiger charge is 2.07. The van der Waals surface area contributed by atoms with Crippen molar-refractivity contribution in [3.63, 3.8) is 0 Å². The summed E-state index contributed by atoms with van der Waals surface area (Å²) >= 11 is 0. The summed E-state index contributed by atoms with van der Waals surface area (Å²) in [6.45, 7) is 1.77. The molecule has 0 amide bonds. The minimum absolute atomic E-state index is 0.413. The van der Waals surface area contributed by atoms with Gasteiger partial charge in [-0.05, 0) is 24.1 Å². The Bertz CT molecular complexity index is 273. The Hall–Kier alpha value is -0.960. The third-order valence-corrected chi connectivity index (χ3v) is 1.72.